The number of hydrogen-bond donors (Lipinski definition) is 3. The molecular weight excluding hydrogens is 456 g/mol. The number of thiazole rings is 1. The van der Waals surface area contributed by atoms with Gasteiger partial charge in [-0.3, -0.25) is 24.7 Å². The van der Waals surface area contributed by atoms with Crippen LogP contribution in [0.2, 0.25) is 0 Å². The molecule has 2 heterocycles. The first kappa shape index (κ1) is 23.5. The van der Waals surface area contributed by atoms with Crippen LogP contribution < -0.4 is 10.6 Å². The van der Waals surface area contributed by atoms with Crippen LogP contribution >= 0.6 is 11.3 Å². The number of carboxylic acid groups (broad SMARTS) is 1. The first-order valence-electron chi connectivity index (χ1n) is 10.9. The van der Waals surface area contributed by atoms with Gasteiger partial charge in [0.1, 0.15) is 5.92 Å². The predicted octanol–water partition coefficient (Wildman–Crippen LogP) is 4.30. The minimum atomic E-state index is -1.59. The maximum atomic E-state index is 13.4. The van der Waals surface area contributed by atoms with Crippen molar-refractivity contribution in [1.29, 1.82) is 0 Å². The molecule has 176 valence electrons. The molecule has 4 rings (SSSR count). The highest BCUT2D eigenvalue weighted by Gasteiger charge is 2.47. The summed E-state index contributed by atoms with van der Waals surface area (Å²) < 4.78 is 0. The second-order valence-corrected chi connectivity index (χ2v) is 9.25. The largest absolute Gasteiger partial charge is 0.481 e. The lowest BCUT2D eigenvalue weighted by molar-refractivity contribution is -0.142. The zero-order valence-electron chi connectivity index (χ0n) is 18.5. The number of carbonyl (C=O) groups is 4. The van der Waals surface area contributed by atoms with Gasteiger partial charge in [-0.1, -0.05) is 18.9 Å². The van der Waals surface area contributed by atoms with Crippen molar-refractivity contribution < 1.29 is 24.3 Å². The third kappa shape index (κ3) is 4.54. The molecule has 34 heavy (non-hydrogen) atoms. The number of nitrogens with zero attached hydrogens (tertiary/aromatic N) is 2. The lowest BCUT2D eigenvalue weighted by Gasteiger charge is -2.29. The van der Waals surface area contributed by atoms with Gasteiger partial charge in [-0.15, -0.1) is 11.3 Å². The quantitative estimate of drug-likeness (QED) is 0.482. The van der Waals surface area contributed by atoms with E-state index < -0.39 is 29.2 Å². The van der Waals surface area contributed by atoms with Crippen LogP contribution in [0.4, 0.5) is 15.6 Å². The van der Waals surface area contributed by atoms with Gasteiger partial charge in [0, 0.05) is 29.3 Å². The molecule has 1 fully saturated rings. The first-order chi connectivity index (χ1) is 16.3. The van der Waals surface area contributed by atoms with Crippen LogP contribution in [0.1, 0.15) is 54.4 Å². The van der Waals surface area contributed by atoms with E-state index in [2.05, 4.69) is 20.6 Å². The third-order valence-electron chi connectivity index (χ3n) is 6.24. The molecule has 3 N–H and O–H groups in total. The molecular formula is C24H24N4O5S. The second-order valence-electron chi connectivity index (χ2n) is 8.36. The van der Waals surface area contributed by atoms with Gasteiger partial charge >= 0.3 is 12.0 Å². The van der Waals surface area contributed by atoms with Crippen LogP contribution in [0.5, 0.6) is 0 Å². The minimum absolute atomic E-state index is 0.157. The molecule has 2 aliphatic rings. The number of urea groups is 1. The summed E-state index contributed by atoms with van der Waals surface area (Å²) in [4.78, 5) is 59.0. The molecule has 1 aromatic heterocycles. The molecule has 0 saturated heterocycles. The van der Waals surface area contributed by atoms with E-state index in [1.807, 2.05) is 0 Å². The first-order valence-corrected chi connectivity index (χ1v) is 11.8. The smallest absolute Gasteiger partial charge is 0.325 e. The van der Waals surface area contributed by atoms with Crippen molar-refractivity contribution in [3.63, 3.8) is 0 Å². The Morgan fingerprint density at radius 3 is 2.53 bits per heavy atom. The van der Waals surface area contributed by atoms with Gasteiger partial charge in [-0.05, 0) is 49.6 Å². The van der Waals surface area contributed by atoms with Crippen molar-refractivity contribution in [3.8, 4) is 0 Å². The van der Waals surface area contributed by atoms with Gasteiger partial charge in [-0.25, -0.2) is 9.78 Å². The molecule has 1 aromatic carbocycles. The van der Waals surface area contributed by atoms with Crippen LogP contribution in [-0.4, -0.2) is 45.4 Å². The number of benzene rings is 1. The van der Waals surface area contributed by atoms with E-state index >= 15 is 0 Å². The molecule has 2 unspecified atom stereocenters. The Morgan fingerprint density at radius 1 is 1.18 bits per heavy atom. The van der Waals surface area contributed by atoms with Crippen molar-refractivity contribution in [3.05, 3.63) is 53.1 Å². The summed E-state index contributed by atoms with van der Waals surface area (Å²) in [7, 11) is 0. The number of carboxylic acids is 1. The van der Waals surface area contributed by atoms with E-state index in [0.717, 1.165) is 25.7 Å². The van der Waals surface area contributed by atoms with Gasteiger partial charge in [0.2, 0.25) is 0 Å². The highest BCUT2D eigenvalue weighted by Crippen LogP contribution is 2.39. The second kappa shape index (κ2) is 9.68. The average Bonchev–Trinajstić information content (AvgIpc) is 3.57. The SMILES string of the molecule is CC(=O)C1(C(C(=O)O)c2ccc(NC(=O)Nc3nccs3)c(C(=O)C3CCCC3)c2)C=CC=N1. The van der Waals surface area contributed by atoms with Gasteiger partial charge < -0.3 is 10.4 Å². The Hall–Kier alpha value is -3.66. The Bertz CT molecular complexity index is 1170. The van der Waals surface area contributed by atoms with Crippen molar-refractivity contribution in [2.75, 3.05) is 10.6 Å². The Balaban J connectivity index is 1.73. The maximum Gasteiger partial charge on any atom is 0.325 e. The zero-order valence-corrected chi connectivity index (χ0v) is 19.3. The van der Waals surface area contributed by atoms with Gasteiger partial charge in [0.15, 0.2) is 22.2 Å². The summed E-state index contributed by atoms with van der Waals surface area (Å²) in [6, 6.07) is 3.92. The number of Topliss-reactive ketones (excluding diaryl/α,β-unsaturated/α-hetero) is 2. The van der Waals surface area contributed by atoms with Crippen LogP contribution in [0.3, 0.4) is 0 Å². The number of carbonyl (C=O) groups excluding carboxylic acids is 3. The van der Waals surface area contributed by atoms with E-state index in [1.54, 1.807) is 17.7 Å². The molecule has 0 bridgehead atoms. The normalized spacial score (nSPS) is 20.3. The van der Waals surface area contributed by atoms with Crippen molar-refractivity contribution in [2.45, 2.75) is 44.1 Å². The number of rotatable bonds is 8. The standard InChI is InChI=1S/C24H24N4O5S/c1-14(29)24(9-4-10-26-24)19(21(31)32)16-7-8-18(27-22(33)28-23-25-11-12-34-23)17(13-16)20(30)15-5-2-3-6-15/h4,7-13,15,19H,2-3,5-6H2,1H3,(H,31,32)(H2,25,27,28,33). The summed E-state index contributed by atoms with van der Waals surface area (Å²) in [5.74, 6) is -3.34. The number of aliphatic carboxylic acids is 1. The van der Waals surface area contributed by atoms with Crippen molar-refractivity contribution >= 4 is 51.9 Å². The fraction of sp³-hybridized carbons (Fsp3) is 0.333. The minimum Gasteiger partial charge on any atom is -0.481 e. The number of anilines is 2. The fourth-order valence-electron chi connectivity index (χ4n) is 4.56. The van der Waals surface area contributed by atoms with E-state index in [1.165, 1.54) is 48.8 Å². The van der Waals surface area contributed by atoms with Crippen LogP contribution in [0, 0.1) is 5.92 Å². The maximum absolute atomic E-state index is 13.4. The summed E-state index contributed by atoms with van der Waals surface area (Å²) >= 11 is 1.25. The van der Waals surface area contributed by atoms with Gasteiger partial charge in [-0.2, -0.15) is 0 Å². The van der Waals surface area contributed by atoms with E-state index in [0.29, 0.717) is 5.13 Å². The number of amides is 2. The number of aliphatic imine (C=N–C) groups is 1. The predicted molar refractivity (Wildman–Crippen MR) is 129 cm³/mol. The Labute approximate surface area is 200 Å². The number of nitrogens with one attached hydrogen (secondary N) is 2. The van der Waals surface area contributed by atoms with Crippen LogP contribution in [-0.2, 0) is 9.59 Å². The lowest BCUT2D eigenvalue weighted by atomic mass is 9.76. The molecule has 2 amide bonds. The van der Waals surface area contributed by atoms with E-state index in [9.17, 15) is 24.3 Å². The van der Waals surface area contributed by atoms with Gasteiger partial charge in [0.25, 0.3) is 0 Å². The molecule has 2 aromatic rings. The molecule has 2 atom stereocenters. The molecule has 1 aliphatic heterocycles. The highest BCUT2D eigenvalue weighted by atomic mass is 32.1. The summed E-state index contributed by atoms with van der Waals surface area (Å²) in [6.07, 6.45) is 9.33. The summed E-state index contributed by atoms with van der Waals surface area (Å²) in [5.41, 5.74) is -0.842. The van der Waals surface area contributed by atoms with Crippen molar-refractivity contribution in [1.82, 2.24) is 4.98 Å². The zero-order chi connectivity index (χ0) is 24.3. The molecule has 0 spiro atoms. The van der Waals surface area contributed by atoms with Crippen LogP contribution in [0.15, 0.2) is 46.9 Å². The number of allylic oxidation sites excluding steroid dienone is 1. The summed E-state index contributed by atoms with van der Waals surface area (Å²) in [6.45, 7) is 1.30. The van der Waals surface area contributed by atoms with E-state index in [4.69, 9.17) is 0 Å². The Kier molecular flexibility index (Phi) is 6.69. The topological polar surface area (TPSA) is 138 Å². The van der Waals surface area contributed by atoms with Gasteiger partial charge in [0.05, 0.1) is 5.69 Å². The Morgan fingerprint density at radius 2 is 1.94 bits per heavy atom. The number of ketones is 2. The molecule has 1 saturated carbocycles. The molecule has 0 radical (unpaired) electrons. The summed E-state index contributed by atoms with van der Waals surface area (Å²) in [5, 5.41) is 17.5. The average molecular weight is 481 g/mol. The lowest BCUT2D eigenvalue weighted by Crippen LogP contribution is -2.42. The fourth-order valence-corrected chi connectivity index (χ4v) is 5.09. The van der Waals surface area contributed by atoms with Crippen LogP contribution in [0.25, 0.3) is 0 Å². The highest BCUT2D eigenvalue weighted by molar-refractivity contribution is 7.13. The monoisotopic (exact) mass is 480 g/mol. The molecule has 9 nitrogen and oxygen atoms in total. The van der Waals surface area contributed by atoms with E-state index in [-0.39, 0.29) is 28.5 Å². The third-order valence-corrected chi connectivity index (χ3v) is 6.93. The van der Waals surface area contributed by atoms with Crippen molar-refractivity contribution in [2.24, 2.45) is 10.9 Å². The molecule has 1 aliphatic carbocycles. The molecule has 10 heteroatoms. The number of hydrogen-bond acceptors (Lipinski definition) is 7. The number of aromatic nitrogens is 1.